The van der Waals surface area contributed by atoms with Crippen LogP contribution in [0.4, 0.5) is 0 Å². The number of rotatable bonds is 3. The minimum atomic E-state index is -0.101. The van der Waals surface area contributed by atoms with Crippen molar-refractivity contribution in [1.29, 1.82) is 0 Å². The Bertz CT molecular complexity index is 634. The van der Waals surface area contributed by atoms with E-state index < -0.39 is 0 Å². The number of hydrogen-bond acceptors (Lipinski definition) is 2. The molecular weight excluding hydrogens is 372 g/mol. The third-order valence-electron chi connectivity index (χ3n) is 2.53. The van der Waals surface area contributed by atoms with Gasteiger partial charge in [-0.2, -0.15) is 0 Å². The van der Waals surface area contributed by atoms with Crippen LogP contribution in [0, 0.1) is 0 Å². The van der Waals surface area contributed by atoms with E-state index in [4.69, 9.17) is 0 Å². The SMILES string of the molecule is O=C(/C=C/c1cc(Br)cc(Br)c1O)c1ccccc1. The Morgan fingerprint density at radius 1 is 1.11 bits per heavy atom. The molecule has 0 heterocycles. The van der Waals surface area contributed by atoms with Gasteiger partial charge in [0, 0.05) is 15.6 Å². The van der Waals surface area contributed by atoms with Gasteiger partial charge in [-0.1, -0.05) is 46.3 Å². The van der Waals surface area contributed by atoms with E-state index in [1.54, 1.807) is 30.3 Å². The Labute approximate surface area is 128 Å². The predicted molar refractivity (Wildman–Crippen MR) is 83.3 cm³/mol. The maximum atomic E-state index is 11.9. The number of aromatic hydroxyl groups is 1. The molecule has 0 amide bonds. The molecule has 0 fully saturated rings. The van der Waals surface area contributed by atoms with Gasteiger partial charge in [0.15, 0.2) is 5.78 Å². The van der Waals surface area contributed by atoms with Gasteiger partial charge in [-0.05, 0) is 40.2 Å². The van der Waals surface area contributed by atoms with E-state index in [-0.39, 0.29) is 11.5 Å². The maximum Gasteiger partial charge on any atom is 0.185 e. The van der Waals surface area contributed by atoms with E-state index >= 15 is 0 Å². The van der Waals surface area contributed by atoms with Crippen molar-refractivity contribution in [3.63, 3.8) is 0 Å². The number of allylic oxidation sites excluding steroid dienone is 1. The zero-order valence-electron chi connectivity index (χ0n) is 9.81. The van der Waals surface area contributed by atoms with Gasteiger partial charge >= 0.3 is 0 Å². The summed E-state index contributed by atoms with van der Waals surface area (Å²) in [5.41, 5.74) is 1.19. The van der Waals surface area contributed by atoms with E-state index in [9.17, 15) is 9.90 Å². The van der Waals surface area contributed by atoms with Crippen LogP contribution < -0.4 is 0 Å². The summed E-state index contributed by atoms with van der Waals surface area (Å²) in [4.78, 5) is 11.9. The highest BCUT2D eigenvalue weighted by Gasteiger charge is 2.06. The smallest absolute Gasteiger partial charge is 0.185 e. The van der Waals surface area contributed by atoms with Crippen LogP contribution in [0.2, 0.25) is 0 Å². The van der Waals surface area contributed by atoms with Crippen molar-refractivity contribution in [2.24, 2.45) is 0 Å². The van der Waals surface area contributed by atoms with Crippen LogP contribution in [-0.4, -0.2) is 10.9 Å². The third-order valence-corrected chi connectivity index (χ3v) is 3.59. The van der Waals surface area contributed by atoms with E-state index in [0.717, 1.165) is 4.47 Å². The molecule has 0 atom stereocenters. The summed E-state index contributed by atoms with van der Waals surface area (Å²) in [6.45, 7) is 0. The van der Waals surface area contributed by atoms with Gasteiger partial charge in [-0.25, -0.2) is 0 Å². The first kappa shape index (κ1) is 14.0. The summed E-state index contributed by atoms with van der Waals surface area (Å²) in [5, 5.41) is 9.88. The summed E-state index contributed by atoms with van der Waals surface area (Å²) < 4.78 is 1.40. The lowest BCUT2D eigenvalue weighted by Gasteiger charge is -2.03. The molecule has 0 unspecified atom stereocenters. The van der Waals surface area contributed by atoms with Gasteiger partial charge < -0.3 is 5.11 Å². The molecule has 0 saturated carbocycles. The van der Waals surface area contributed by atoms with Crippen molar-refractivity contribution in [2.45, 2.75) is 0 Å². The second kappa shape index (κ2) is 6.17. The van der Waals surface area contributed by atoms with E-state index in [1.165, 1.54) is 6.08 Å². The second-order valence-corrected chi connectivity index (χ2v) is 5.66. The molecule has 0 radical (unpaired) electrons. The minimum absolute atomic E-state index is 0.101. The van der Waals surface area contributed by atoms with Crippen LogP contribution in [0.25, 0.3) is 6.08 Å². The van der Waals surface area contributed by atoms with Crippen LogP contribution in [-0.2, 0) is 0 Å². The molecule has 96 valence electrons. The molecule has 0 spiro atoms. The fourth-order valence-electron chi connectivity index (χ4n) is 1.58. The van der Waals surface area contributed by atoms with Crippen molar-refractivity contribution >= 4 is 43.7 Å². The summed E-state index contributed by atoms with van der Waals surface area (Å²) in [6, 6.07) is 12.5. The van der Waals surface area contributed by atoms with Crippen LogP contribution in [0.15, 0.2) is 57.5 Å². The van der Waals surface area contributed by atoms with Crippen molar-refractivity contribution < 1.29 is 9.90 Å². The zero-order chi connectivity index (χ0) is 13.8. The lowest BCUT2D eigenvalue weighted by Crippen LogP contribution is -1.92. The molecule has 2 aromatic carbocycles. The molecule has 2 aromatic rings. The normalized spacial score (nSPS) is 10.8. The number of phenolic OH excluding ortho intramolecular Hbond substituents is 1. The molecule has 0 aliphatic rings. The molecule has 0 aromatic heterocycles. The highest BCUT2D eigenvalue weighted by molar-refractivity contribution is 9.11. The standard InChI is InChI=1S/C15H10Br2O2/c16-12-8-11(15(19)13(17)9-12)6-7-14(18)10-4-2-1-3-5-10/h1-9,19H/b7-6+. The van der Waals surface area contributed by atoms with Gasteiger partial charge in [-0.3, -0.25) is 4.79 Å². The fraction of sp³-hybridized carbons (Fsp3) is 0. The van der Waals surface area contributed by atoms with Gasteiger partial charge in [0.25, 0.3) is 0 Å². The fourth-order valence-corrected chi connectivity index (χ4v) is 2.84. The Balaban J connectivity index is 2.27. The summed E-state index contributed by atoms with van der Waals surface area (Å²) >= 11 is 6.59. The first-order valence-electron chi connectivity index (χ1n) is 5.53. The maximum absolute atomic E-state index is 11.9. The quantitative estimate of drug-likeness (QED) is 0.611. The first-order chi connectivity index (χ1) is 9.08. The number of carbonyl (C=O) groups excluding carboxylic acids is 1. The Kier molecular flexibility index (Phi) is 4.56. The molecule has 0 aliphatic heterocycles. The highest BCUT2D eigenvalue weighted by Crippen LogP contribution is 2.32. The first-order valence-corrected chi connectivity index (χ1v) is 7.12. The lowest BCUT2D eigenvalue weighted by molar-refractivity contribution is 0.104. The Morgan fingerprint density at radius 2 is 1.79 bits per heavy atom. The third kappa shape index (κ3) is 3.55. The summed E-state index contributed by atoms with van der Waals surface area (Å²) in [5.74, 6) is 0.0106. The van der Waals surface area contributed by atoms with Crippen molar-refractivity contribution in [2.75, 3.05) is 0 Å². The summed E-state index contributed by atoms with van der Waals surface area (Å²) in [7, 11) is 0. The van der Waals surface area contributed by atoms with Crippen molar-refractivity contribution in [3.05, 3.63) is 68.6 Å². The van der Waals surface area contributed by atoms with Gasteiger partial charge in [-0.15, -0.1) is 0 Å². The van der Waals surface area contributed by atoms with Crippen LogP contribution in [0.1, 0.15) is 15.9 Å². The van der Waals surface area contributed by atoms with E-state index in [1.807, 2.05) is 18.2 Å². The molecule has 0 saturated heterocycles. The van der Waals surface area contributed by atoms with Crippen molar-refractivity contribution in [1.82, 2.24) is 0 Å². The largest absolute Gasteiger partial charge is 0.506 e. The van der Waals surface area contributed by atoms with Crippen LogP contribution >= 0.6 is 31.9 Å². The zero-order valence-corrected chi connectivity index (χ0v) is 13.0. The molecule has 0 aliphatic carbocycles. The number of carbonyl (C=O) groups is 1. The molecule has 0 bridgehead atoms. The molecule has 4 heteroatoms. The van der Waals surface area contributed by atoms with E-state index in [0.29, 0.717) is 15.6 Å². The van der Waals surface area contributed by atoms with E-state index in [2.05, 4.69) is 31.9 Å². The van der Waals surface area contributed by atoms with Gasteiger partial charge in [0.2, 0.25) is 0 Å². The highest BCUT2D eigenvalue weighted by atomic mass is 79.9. The number of phenols is 1. The monoisotopic (exact) mass is 380 g/mol. The average molecular weight is 382 g/mol. The number of halogens is 2. The number of benzene rings is 2. The second-order valence-electron chi connectivity index (χ2n) is 3.89. The van der Waals surface area contributed by atoms with Crippen molar-refractivity contribution in [3.8, 4) is 5.75 Å². The summed E-state index contributed by atoms with van der Waals surface area (Å²) in [6.07, 6.45) is 3.05. The molecule has 2 rings (SSSR count). The van der Waals surface area contributed by atoms with Gasteiger partial charge in [0.1, 0.15) is 5.75 Å². The topological polar surface area (TPSA) is 37.3 Å². The van der Waals surface area contributed by atoms with Crippen LogP contribution in [0.5, 0.6) is 5.75 Å². The Hall–Kier alpha value is -1.39. The molecule has 1 N–H and O–H groups in total. The molecular formula is C15H10Br2O2. The van der Waals surface area contributed by atoms with Gasteiger partial charge in [0.05, 0.1) is 4.47 Å². The lowest BCUT2D eigenvalue weighted by atomic mass is 10.1. The minimum Gasteiger partial charge on any atom is -0.506 e. The molecule has 19 heavy (non-hydrogen) atoms. The average Bonchev–Trinajstić information content (AvgIpc) is 2.41. The molecule has 2 nitrogen and oxygen atoms in total. The predicted octanol–water partition coefficient (Wildman–Crippen LogP) is 4.81. The Morgan fingerprint density at radius 3 is 2.47 bits per heavy atom. The number of hydrogen-bond donors (Lipinski definition) is 1. The number of ketones is 1. The van der Waals surface area contributed by atoms with Crippen LogP contribution in [0.3, 0.4) is 0 Å².